The van der Waals surface area contributed by atoms with Crippen LogP contribution < -0.4 is 24.0 Å². The first-order chi connectivity index (χ1) is 7.00. The molecule has 80 valence electrons. The SMILES string of the molecule is [C-]#CC(C(C)C)[Si](C)(C)c1ccccc1.[Li+]. The summed E-state index contributed by atoms with van der Waals surface area (Å²) in [4.78, 5) is 0. The van der Waals surface area contributed by atoms with E-state index in [1.54, 1.807) is 0 Å². The van der Waals surface area contributed by atoms with E-state index in [-0.39, 0.29) is 18.9 Å². The van der Waals surface area contributed by atoms with Crippen LogP contribution in [0.3, 0.4) is 0 Å². The van der Waals surface area contributed by atoms with Crippen LogP contribution >= 0.6 is 0 Å². The van der Waals surface area contributed by atoms with Crippen molar-refractivity contribution in [2.24, 2.45) is 5.92 Å². The molecule has 16 heavy (non-hydrogen) atoms. The summed E-state index contributed by atoms with van der Waals surface area (Å²) < 4.78 is 0. The monoisotopic (exact) mass is 222 g/mol. The van der Waals surface area contributed by atoms with Crippen LogP contribution in [-0.2, 0) is 0 Å². The van der Waals surface area contributed by atoms with Crippen molar-refractivity contribution < 1.29 is 18.9 Å². The average molecular weight is 222 g/mol. The smallest absolute Gasteiger partial charge is 0.694 e. The zero-order chi connectivity index (χ0) is 11.5. The molecule has 0 fully saturated rings. The maximum absolute atomic E-state index is 7.48. The summed E-state index contributed by atoms with van der Waals surface area (Å²) in [6, 6.07) is 10.6. The topological polar surface area (TPSA) is 0 Å². The first kappa shape index (κ1) is 15.6. The van der Waals surface area contributed by atoms with E-state index < -0.39 is 8.07 Å². The average Bonchev–Trinajstić information content (AvgIpc) is 2.19. The molecule has 0 aromatic heterocycles. The Morgan fingerprint density at radius 2 is 1.62 bits per heavy atom. The predicted octanol–water partition coefficient (Wildman–Crippen LogP) is 0.222. The molecule has 0 radical (unpaired) electrons. The van der Waals surface area contributed by atoms with Crippen LogP contribution in [-0.4, -0.2) is 8.07 Å². The zero-order valence-electron chi connectivity index (χ0n) is 11.0. The minimum atomic E-state index is -1.57. The number of hydrogen-bond acceptors (Lipinski definition) is 0. The molecule has 1 aromatic rings. The molecule has 0 bridgehead atoms. The Bertz CT molecular complexity index is 349. The third-order valence-electron chi connectivity index (χ3n) is 3.12. The molecule has 2 heteroatoms. The van der Waals surface area contributed by atoms with Gasteiger partial charge < -0.3 is 12.3 Å². The maximum Gasteiger partial charge on any atom is 1.00 e. The van der Waals surface area contributed by atoms with Crippen molar-refractivity contribution in [1.29, 1.82) is 0 Å². The van der Waals surface area contributed by atoms with Gasteiger partial charge in [-0.15, -0.1) is 0 Å². The van der Waals surface area contributed by atoms with Gasteiger partial charge in [0, 0.05) is 0 Å². The van der Waals surface area contributed by atoms with E-state index in [1.165, 1.54) is 5.19 Å². The van der Waals surface area contributed by atoms with Crippen LogP contribution in [0.15, 0.2) is 30.3 Å². The Labute approximate surface area is 113 Å². The van der Waals surface area contributed by atoms with Crippen LogP contribution in [0, 0.1) is 18.3 Å². The molecule has 0 nitrogen and oxygen atoms in total. The summed E-state index contributed by atoms with van der Waals surface area (Å²) >= 11 is 0. The summed E-state index contributed by atoms with van der Waals surface area (Å²) in [5.74, 6) is 3.26. The second-order valence-electron chi connectivity index (χ2n) is 4.95. The summed E-state index contributed by atoms with van der Waals surface area (Å²) in [6.07, 6.45) is 7.48. The second kappa shape index (κ2) is 6.36. The molecule has 1 unspecified atom stereocenters. The van der Waals surface area contributed by atoms with Crippen molar-refractivity contribution in [1.82, 2.24) is 0 Å². The fourth-order valence-electron chi connectivity index (χ4n) is 2.23. The molecule has 0 amide bonds. The standard InChI is InChI=1S/C14H19Si.Li/c1-6-14(12(2)3)15(4,5)13-10-8-7-9-11-13;/h7-12,14H,2-5H3;/q-1;+1. The van der Waals surface area contributed by atoms with E-state index in [9.17, 15) is 0 Å². The molecule has 0 heterocycles. The Hall–Kier alpha value is -0.406. The van der Waals surface area contributed by atoms with Gasteiger partial charge >= 0.3 is 18.9 Å². The van der Waals surface area contributed by atoms with Crippen LogP contribution in [0.2, 0.25) is 18.6 Å². The third-order valence-corrected chi connectivity index (χ3v) is 7.30. The van der Waals surface area contributed by atoms with Crippen LogP contribution in [0.4, 0.5) is 0 Å². The van der Waals surface area contributed by atoms with Crippen molar-refractivity contribution in [3.8, 4) is 5.92 Å². The van der Waals surface area contributed by atoms with Crippen LogP contribution in [0.5, 0.6) is 0 Å². The minimum absolute atomic E-state index is 0. The van der Waals surface area contributed by atoms with Crippen molar-refractivity contribution in [3.05, 3.63) is 36.8 Å². The first-order valence-corrected chi connectivity index (χ1v) is 8.55. The minimum Gasteiger partial charge on any atom is -0.694 e. The quantitative estimate of drug-likeness (QED) is 0.390. The fourth-order valence-corrected chi connectivity index (χ4v) is 5.67. The normalized spacial score (nSPS) is 12.8. The van der Waals surface area contributed by atoms with Gasteiger partial charge in [0.05, 0.1) is 8.07 Å². The Balaban J connectivity index is 0.00000225. The second-order valence-corrected chi connectivity index (χ2v) is 9.60. The molecule has 0 aliphatic rings. The Morgan fingerprint density at radius 1 is 1.12 bits per heavy atom. The zero-order valence-corrected chi connectivity index (χ0v) is 12.0. The number of rotatable bonds is 3. The largest absolute Gasteiger partial charge is 1.00 e. The summed E-state index contributed by atoms with van der Waals surface area (Å²) in [5, 5.41) is 1.42. The summed E-state index contributed by atoms with van der Waals surface area (Å²) in [7, 11) is -1.57. The van der Waals surface area contributed by atoms with Gasteiger partial charge in [0.1, 0.15) is 0 Å². The van der Waals surface area contributed by atoms with Crippen LogP contribution in [0.25, 0.3) is 0 Å². The molecule has 0 saturated heterocycles. The van der Waals surface area contributed by atoms with Crippen LogP contribution in [0.1, 0.15) is 13.8 Å². The van der Waals surface area contributed by atoms with Crippen molar-refractivity contribution in [2.45, 2.75) is 32.5 Å². The van der Waals surface area contributed by atoms with E-state index in [1.807, 2.05) is 6.07 Å². The van der Waals surface area contributed by atoms with Gasteiger partial charge in [-0.1, -0.05) is 62.5 Å². The molecule has 0 N–H and O–H groups in total. The van der Waals surface area contributed by atoms with Gasteiger partial charge in [-0.2, -0.15) is 0 Å². The predicted molar refractivity (Wildman–Crippen MR) is 69.3 cm³/mol. The molecule has 0 saturated carbocycles. The maximum atomic E-state index is 7.48. The molecule has 1 rings (SSSR count). The molecule has 1 aromatic carbocycles. The molecule has 1 atom stereocenters. The molecule has 0 aliphatic heterocycles. The van der Waals surface area contributed by atoms with E-state index in [0.29, 0.717) is 11.5 Å². The summed E-state index contributed by atoms with van der Waals surface area (Å²) in [5.41, 5.74) is 0.305. The van der Waals surface area contributed by atoms with Gasteiger partial charge in [0.2, 0.25) is 0 Å². The fraction of sp³-hybridized carbons (Fsp3) is 0.429. The molecule has 0 spiro atoms. The van der Waals surface area contributed by atoms with E-state index in [0.717, 1.165) is 0 Å². The van der Waals surface area contributed by atoms with Crippen molar-refractivity contribution in [2.75, 3.05) is 0 Å². The first-order valence-electron chi connectivity index (χ1n) is 5.48. The summed E-state index contributed by atoms with van der Waals surface area (Å²) in [6.45, 7) is 9.02. The van der Waals surface area contributed by atoms with E-state index >= 15 is 0 Å². The molecular formula is C14H19LiSi. The van der Waals surface area contributed by atoms with Crippen molar-refractivity contribution in [3.63, 3.8) is 0 Å². The van der Waals surface area contributed by atoms with E-state index in [4.69, 9.17) is 6.42 Å². The number of hydrogen-bond donors (Lipinski definition) is 0. The Morgan fingerprint density at radius 3 is 2.00 bits per heavy atom. The van der Waals surface area contributed by atoms with Crippen molar-refractivity contribution >= 4 is 13.3 Å². The van der Waals surface area contributed by atoms with Gasteiger partial charge in [0.15, 0.2) is 0 Å². The number of benzene rings is 1. The van der Waals surface area contributed by atoms with E-state index in [2.05, 4.69) is 57.1 Å². The molecular weight excluding hydrogens is 203 g/mol. The van der Waals surface area contributed by atoms with Gasteiger partial charge in [-0.05, 0) is 11.5 Å². The van der Waals surface area contributed by atoms with Gasteiger partial charge in [-0.3, -0.25) is 0 Å². The third kappa shape index (κ3) is 3.29. The van der Waals surface area contributed by atoms with Gasteiger partial charge in [-0.25, -0.2) is 0 Å². The molecule has 0 aliphatic carbocycles. The van der Waals surface area contributed by atoms with Gasteiger partial charge in [0.25, 0.3) is 0 Å². The Kier molecular flexibility index (Phi) is 6.20.